The smallest absolute Gasteiger partial charge is 0.217 e. The second-order valence-corrected chi connectivity index (χ2v) is 4.04. The Kier molecular flexibility index (Phi) is 9.42. The van der Waals surface area contributed by atoms with Gasteiger partial charge in [0.05, 0.1) is 20.7 Å². The zero-order chi connectivity index (χ0) is 11.8. The molecule has 0 saturated heterocycles. The van der Waals surface area contributed by atoms with Crippen LogP contribution in [0, 0.1) is 0 Å². The normalized spacial score (nSPS) is 13.4. The van der Waals surface area contributed by atoms with Crippen LogP contribution in [0.4, 0.5) is 0 Å². The summed E-state index contributed by atoms with van der Waals surface area (Å²) in [6.45, 7) is 3.45. The van der Waals surface area contributed by atoms with E-state index in [-0.39, 0.29) is 12.8 Å². The van der Waals surface area contributed by atoms with E-state index in [0.29, 0.717) is 6.42 Å². The number of rotatable bonds is 4. The minimum atomic E-state index is -4.44. The lowest BCUT2D eigenvalue weighted by Crippen LogP contribution is -3.09. The Hall–Kier alpha value is -0.210. The molecule has 7 heteroatoms. The predicted molar refractivity (Wildman–Crippen MR) is 50.4 cm³/mol. The van der Waals surface area contributed by atoms with Gasteiger partial charge in [0.15, 0.2) is 6.23 Å². The maximum Gasteiger partial charge on any atom is 0.217 e. The monoisotopic (exact) mass is 229 g/mol. The molecule has 0 amide bonds. The van der Waals surface area contributed by atoms with E-state index in [1.54, 1.807) is 13.8 Å². The fourth-order valence-electron chi connectivity index (χ4n) is 0.185. The molecule has 88 valence electrons. The molecule has 0 spiro atoms. The van der Waals surface area contributed by atoms with Crippen molar-refractivity contribution in [2.75, 3.05) is 20.7 Å². The highest BCUT2D eigenvalue weighted by atomic mass is 32.3. The van der Waals surface area contributed by atoms with E-state index in [1.165, 1.54) is 0 Å². The van der Waals surface area contributed by atoms with Crippen LogP contribution in [0.5, 0.6) is 0 Å². The van der Waals surface area contributed by atoms with Crippen molar-refractivity contribution in [2.45, 2.75) is 26.5 Å². The molecule has 0 aromatic heterocycles. The third-order valence-corrected chi connectivity index (χ3v) is 1.72. The number of hydrogen-bond donors (Lipinski definition) is 2. The molecule has 0 aliphatic heterocycles. The Morgan fingerprint density at radius 2 is 1.86 bits per heavy atom. The molecule has 1 unspecified atom stereocenters. The number of aliphatic hydroxyl groups is 1. The Bertz CT molecular complexity index is 206. The first-order valence-electron chi connectivity index (χ1n) is 4.29. The molecule has 0 aromatic carbocycles. The molecule has 0 aliphatic carbocycles. The molecule has 0 aliphatic rings. The van der Waals surface area contributed by atoms with Crippen LogP contribution >= 0.6 is 0 Å². The maximum absolute atomic E-state index is 9.61. The van der Waals surface area contributed by atoms with Gasteiger partial charge < -0.3 is 14.6 Å². The Morgan fingerprint density at radius 3 is 1.93 bits per heavy atom. The summed E-state index contributed by atoms with van der Waals surface area (Å²) in [5.41, 5.74) is 0. The van der Waals surface area contributed by atoms with E-state index in [4.69, 9.17) is 5.11 Å². The van der Waals surface area contributed by atoms with E-state index in [1.807, 2.05) is 14.1 Å². The van der Waals surface area contributed by atoms with Gasteiger partial charge in [0.1, 0.15) is 0 Å². The van der Waals surface area contributed by atoms with E-state index in [2.05, 4.69) is 4.18 Å². The fourth-order valence-corrected chi connectivity index (χ4v) is 0.556. The number of quaternary nitrogens is 1. The molecular formula is C7H19NO5S. The van der Waals surface area contributed by atoms with Crippen LogP contribution in [-0.2, 0) is 14.6 Å². The summed E-state index contributed by atoms with van der Waals surface area (Å²) in [4.78, 5) is 1.06. The summed E-state index contributed by atoms with van der Waals surface area (Å²) in [7, 11) is -0.621. The lowest BCUT2D eigenvalue weighted by Gasteiger charge is -2.08. The molecule has 0 fully saturated rings. The molecule has 6 nitrogen and oxygen atoms in total. The van der Waals surface area contributed by atoms with Crippen LogP contribution in [0.25, 0.3) is 0 Å². The lowest BCUT2D eigenvalue weighted by atomic mass is 10.5. The fraction of sp³-hybridized carbons (Fsp3) is 1.00. The number of hydrogen-bond acceptors (Lipinski definition) is 5. The zero-order valence-electron chi connectivity index (χ0n) is 8.98. The zero-order valence-corrected chi connectivity index (χ0v) is 9.80. The maximum atomic E-state index is 9.61. The number of aliphatic hydroxyl groups excluding tert-OH is 1. The molecule has 0 radical (unpaired) electrons. The van der Waals surface area contributed by atoms with Crippen molar-refractivity contribution in [1.29, 1.82) is 0 Å². The Balaban J connectivity index is 0. The van der Waals surface area contributed by atoms with Gasteiger partial charge in [-0.25, -0.2) is 8.42 Å². The van der Waals surface area contributed by atoms with E-state index in [0.717, 1.165) is 4.90 Å². The molecule has 0 bridgehead atoms. The van der Waals surface area contributed by atoms with Crippen LogP contribution in [0.3, 0.4) is 0 Å². The van der Waals surface area contributed by atoms with Crippen LogP contribution in [-0.4, -0.2) is 45.0 Å². The molecule has 2 N–H and O–H groups in total. The van der Waals surface area contributed by atoms with Gasteiger partial charge in [-0.3, -0.25) is 4.18 Å². The number of nitrogens with one attached hydrogen (secondary N) is 1. The van der Waals surface area contributed by atoms with Crippen molar-refractivity contribution < 1.29 is 27.2 Å². The quantitative estimate of drug-likeness (QED) is 0.342. The first-order valence-corrected chi connectivity index (χ1v) is 5.62. The summed E-state index contributed by atoms with van der Waals surface area (Å²) >= 11 is 0. The summed E-state index contributed by atoms with van der Waals surface area (Å²) in [6.07, 6.45) is 0.298. The largest absolute Gasteiger partial charge is 0.726 e. The van der Waals surface area contributed by atoms with Gasteiger partial charge in [-0.05, 0) is 6.42 Å². The van der Waals surface area contributed by atoms with Crippen molar-refractivity contribution >= 4 is 10.4 Å². The van der Waals surface area contributed by atoms with E-state index < -0.39 is 10.4 Å². The van der Waals surface area contributed by atoms with Gasteiger partial charge in [-0.1, -0.05) is 6.92 Å². The van der Waals surface area contributed by atoms with Crippen molar-refractivity contribution in [1.82, 2.24) is 0 Å². The third kappa shape index (κ3) is 17.8. The molecule has 1 atom stereocenters. The van der Waals surface area contributed by atoms with Gasteiger partial charge in [0.25, 0.3) is 0 Å². The van der Waals surface area contributed by atoms with Gasteiger partial charge in [-0.15, -0.1) is 0 Å². The topological polar surface area (TPSA) is 91.1 Å². The van der Waals surface area contributed by atoms with Crippen LogP contribution in [0.1, 0.15) is 20.3 Å². The highest BCUT2D eigenvalue weighted by molar-refractivity contribution is 7.80. The van der Waals surface area contributed by atoms with E-state index in [9.17, 15) is 13.0 Å². The first kappa shape index (κ1) is 16.2. The van der Waals surface area contributed by atoms with Gasteiger partial charge >= 0.3 is 0 Å². The molecule has 0 aromatic rings. The summed E-state index contributed by atoms with van der Waals surface area (Å²) in [5, 5.41) is 8.59. The van der Waals surface area contributed by atoms with Crippen molar-refractivity contribution in [2.24, 2.45) is 0 Å². The van der Waals surface area contributed by atoms with Crippen molar-refractivity contribution in [3.8, 4) is 0 Å². The molecule has 0 saturated carbocycles. The summed E-state index contributed by atoms with van der Waals surface area (Å²) in [6, 6.07) is 0. The molecule has 0 rings (SSSR count). The molecular weight excluding hydrogens is 210 g/mol. The second-order valence-electron chi connectivity index (χ2n) is 2.98. The third-order valence-electron chi connectivity index (χ3n) is 1.27. The highest BCUT2D eigenvalue weighted by Crippen LogP contribution is 1.86. The van der Waals surface area contributed by atoms with E-state index >= 15 is 0 Å². The lowest BCUT2D eigenvalue weighted by molar-refractivity contribution is -0.907. The Morgan fingerprint density at radius 1 is 1.50 bits per heavy atom. The average Bonchev–Trinajstić information content (AvgIpc) is 2.00. The molecule has 14 heavy (non-hydrogen) atoms. The SMILES string of the molecule is CC(O)[NH+](C)C.CCCOS(=O)(=O)[O-]. The predicted octanol–water partition coefficient (Wildman–Crippen LogP) is -1.66. The minimum absolute atomic E-state index is 0.0220. The van der Waals surface area contributed by atoms with Crippen molar-refractivity contribution in [3.63, 3.8) is 0 Å². The summed E-state index contributed by atoms with van der Waals surface area (Å²) in [5.74, 6) is 0. The average molecular weight is 229 g/mol. The first-order chi connectivity index (χ1) is 6.20. The van der Waals surface area contributed by atoms with Crippen LogP contribution < -0.4 is 4.90 Å². The highest BCUT2D eigenvalue weighted by Gasteiger charge is 1.96. The standard InChI is InChI=1S/C4H11NO.C3H8O4S/c1-4(6)5(2)3;1-2-3-7-8(4,5)6/h4,6H,1-3H3;2-3H2,1H3,(H,4,5,6). The van der Waals surface area contributed by atoms with Crippen molar-refractivity contribution in [3.05, 3.63) is 0 Å². The Labute approximate surface area is 85.4 Å². The van der Waals surface area contributed by atoms with Gasteiger partial charge in [0.2, 0.25) is 10.4 Å². The van der Waals surface area contributed by atoms with Gasteiger partial charge in [-0.2, -0.15) is 0 Å². The van der Waals surface area contributed by atoms with Crippen LogP contribution in [0.2, 0.25) is 0 Å². The summed E-state index contributed by atoms with van der Waals surface area (Å²) < 4.78 is 32.6. The molecule has 0 heterocycles. The second kappa shape index (κ2) is 8.13. The van der Waals surface area contributed by atoms with Crippen LogP contribution in [0.15, 0.2) is 0 Å². The van der Waals surface area contributed by atoms with Gasteiger partial charge in [0, 0.05) is 6.92 Å². The minimum Gasteiger partial charge on any atom is -0.726 e.